The second-order valence-corrected chi connectivity index (χ2v) is 2.86. The first-order chi connectivity index (χ1) is 6.11. The minimum atomic E-state index is -0.930. The molecular weight excluding hydrogens is 166 g/mol. The number of allylic oxidation sites excluding steroid dienone is 1. The SMILES string of the molecule is CC(=CC(=O)O)c1cnccc1C. The van der Waals surface area contributed by atoms with E-state index >= 15 is 0 Å². The smallest absolute Gasteiger partial charge is 0.328 e. The van der Waals surface area contributed by atoms with Crippen LogP contribution in [0.5, 0.6) is 0 Å². The third kappa shape index (κ3) is 2.40. The van der Waals surface area contributed by atoms with Crippen LogP contribution in [0, 0.1) is 6.92 Å². The molecule has 1 N–H and O–H groups in total. The lowest BCUT2D eigenvalue weighted by Crippen LogP contribution is -1.92. The number of nitrogens with zero attached hydrogens (tertiary/aromatic N) is 1. The average Bonchev–Trinajstić information content (AvgIpc) is 2.03. The van der Waals surface area contributed by atoms with E-state index in [1.54, 1.807) is 19.3 Å². The van der Waals surface area contributed by atoms with Gasteiger partial charge in [-0.1, -0.05) is 0 Å². The molecular formula is C10H11NO2. The molecule has 3 nitrogen and oxygen atoms in total. The van der Waals surface area contributed by atoms with E-state index in [1.165, 1.54) is 6.08 Å². The van der Waals surface area contributed by atoms with Crippen LogP contribution in [0.15, 0.2) is 24.5 Å². The highest BCUT2D eigenvalue weighted by molar-refractivity contribution is 5.89. The minimum absolute atomic E-state index is 0.720. The van der Waals surface area contributed by atoms with Crippen LogP contribution in [0.2, 0.25) is 0 Å². The summed E-state index contributed by atoms with van der Waals surface area (Å²) in [7, 11) is 0. The number of carboxylic acids is 1. The fourth-order valence-electron chi connectivity index (χ4n) is 1.14. The number of rotatable bonds is 2. The zero-order valence-corrected chi connectivity index (χ0v) is 7.61. The van der Waals surface area contributed by atoms with E-state index < -0.39 is 5.97 Å². The van der Waals surface area contributed by atoms with Crippen LogP contribution in [0.4, 0.5) is 0 Å². The highest BCUT2D eigenvalue weighted by atomic mass is 16.4. The van der Waals surface area contributed by atoms with Crippen molar-refractivity contribution in [2.75, 3.05) is 0 Å². The summed E-state index contributed by atoms with van der Waals surface area (Å²) in [5.74, 6) is -0.930. The zero-order valence-electron chi connectivity index (χ0n) is 7.61. The molecule has 0 aliphatic rings. The van der Waals surface area contributed by atoms with E-state index in [-0.39, 0.29) is 0 Å². The summed E-state index contributed by atoms with van der Waals surface area (Å²) in [6.45, 7) is 3.69. The molecule has 13 heavy (non-hydrogen) atoms. The Morgan fingerprint density at radius 1 is 1.62 bits per heavy atom. The average molecular weight is 177 g/mol. The van der Waals surface area contributed by atoms with Gasteiger partial charge in [-0.3, -0.25) is 4.98 Å². The topological polar surface area (TPSA) is 50.2 Å². The zero-order chi connectivity index (χ0) is 9.84. The summed E-state index contributed by atoms with van der Waals surface area (Å²) in [5, 5.41) is 8.54. The predicted octanol–water partition coefficient (Wildman–Crippen LogP) is 1.88. The fourth-order valence-corrected chi connectivity index (χ4v) is 1.14. The summed E-state index contributed by atoms with van der Waals surface area (Å²) < 4.78 is 0. The highest BCUT2D eigenvalue weighted by Crippen LogP contribution is 2.15. The lowest BCUT2D eigenvalue weighted by Gasteiger charge is -2.03. The number of carbonyl (C=O) groups is 1. The Morgan fingerprint density at radius 3 is 2.85 bits per heavy atom. The van der Waals surface area contributed by atoms with Crippen LogP contribution in [-0.4, -0.2) is 16.1 Å². The van der Waals surface area contributed by atoms with Gasteiger partial charge in [0.05, 0.1) is 0 Å². The van der Waals surface area contributed by atoms with E-state index in [1.807, 2.05) is 13.0 Å². The molecule has 68 valence electrons. The van der Waals surface area contributed by atoms with Crippen molar-refractivity contribution < 1.29 is 9.90 Å². The quantitative estimate of drug-likeness (QED) is 0.701. The first-order valence-electron chi connectivity index (χ1n) is 3.93. The summed E-state index contributed by atoms with van der Waals surface area (Å²) >= 11 is 0. The number of carboxylic acid groups (broad SMARTS) is 1. The van der Waals surface area contributed by atoms with E-state index in [4.69, 9.17) is 5.11 Å². The van der Waals surface area contributed by atoms with Crippen molar-refractivity contribution >= 4 is 11.5 Å². The maximum Gasteiger partial charge on any atom is 0.328 e. The summed E-state index contributed by atoms with van der Waals surface area (Å²) in [6, 6.07) is 1.86. The maximum absolute atomic E-state index is 10.4. The van der Waals surface area contributed by atoms with Gasteiger partial charge in [0.15, 0.2) is 0 Å². The molecule has 1 aromatic rings. The van der Waals surface area contributed by atoms with Gasteiger partial charge in [-0.25, -0.2) is 4.79 Å². The van der Waals surface area contributed by atoms with Crippen molar-refractivity contribution in [3.63, 3.8) is 0 Å². The molecule has 0 spiro atoms. The lowest BCUT2D eigenvalue weighted by atomic mass is 10.0. The number of hydrogen-bond donors (Lipinski definition) is 1. The van der Waals surface area contributed by atoms with Crippen molar-refractivity contribution in [2.24, 2.45) is 0 Å². The molecule has 0 unspecified atom stereocenters. The first kappa shape index (κ1) is 9.45. The third-order valence-corrected chi connectivity index (χ3v) is 1.80. The number of hydrogen-bond acceptors (Lipinski definition) is 2. The van der Waals surface area contributed by atoms with E-state index in [2.05, 4.69) is 4.98 Å². The van der Waals surface area contributed by atoms with Crippen LogP contribution >= 0.6 is 0 Å². The van der Waals surface area contributed by atoms with Gasteiger partial charge < -0.3 is 5.11 Å². The van der Waals surface area contributed by atoms with Crippen molar-refractivity contribution in [1.82, 2.24) is 4.98 Å². The Hall–Kier alpha value is -1.64. The molecule has 0 atom stereocenters. The van der Waals surface area contributed by atoms with Gasteiger partial charge in [-0.15, -0.1) is 0 Å². The Labute approximate surface area is 76.7 Å². The van der Waals surface area contributed by atoms with Gasteiger partial charge in [0.25, 0.3) is 0 Å². The van der Waals surface area contributed by atoms with E-state index in [0.29, 0.717) is 0 Å². The van der Waals surface area contributed by atoms with Gasteiger partial charge in [0.2, 0.25) is 0 Å². The molecule has 1 rings (SSSR count). The monoisotopic (exact) mass is 177 g/mol. The molecule has 0 aliphatic heterocycles. The van der Waals surface area contributed by atoms with Crippen LogP contribution in [0.25, 0.3) is 5.57 Å². The number of pyridine rings is 1. The molecule has 0 saturated heterocycles. The van der Waals surface area contributed by atoms with Gasteiger partial charge in [0.1, 0.15) is 0 Å². The highest BCUT2D eigenvalue weighted by Gasteiger charge is 2.01. The Kier molecular flexibility index (Phi) is 2.80. The molecule has 0 aliphatic carbocycles. The van der Waals surface area contributed by atoms with Crippen molar-refractivity contribution in [1.29, 1.82) is 0 Å². The Balaban J connectivity index is 3.08. The molecule has 0 amide bonds. The number of aromatic nitrogens is 1. The molecule has 0 aromatic carbocycles. The third-order valence-electron chi connectivity index (χ3n) is 1.80. The van der Waals surface area contributed by atoms with Crippen molar-refractivity contribution in [3.8, 4) is 0 Å². The van der Waals surface area contributed by atoms with Gasteiger partial charge in [-0.2, -0.15) is 0 Å². The first-order valence-corrected chi connectivity index (χ1v) is 3.93. The fraction of sp³-hybridized carbons (Fsp3) is 0.200. The largest absolute Gasteiger partial charge is 0.478 e. The van der Waals surface area contributed by atoms with Gasteiger partial charge >= 0.3 is 5.97 Å². The molecule has 1 aromatic heterocycles. The molecule has 3 heteroatoms. The van der Waals surface area contributed by atoms with Crippen molar-refractivity contribution in [3.05, 3.63) is 35.7 Å². The number of aliphatic carboxylic acids is 1. The normalized spacial score (nSPS) is 11.4. The second kappa shape index (κ2) is 3.85. The number of aryl methyl sites for hydroxylation is 1. The summed E-state index contributed by atoms with van der Waals surface area (Å²) in [6.07, 6.45) is 4.54. The lowest BCUT2D eigenvalue weighted by molar-refractivity contribution is -0.131. The van der Waals surface area contributed by atoms with Crippen LogP contribution in [-0.2, 0) is 4.79 Å². The Morgan fingerprint density at radius 2 is 2.31 bits per heavy atom. The molecule has 0 fully saturated rings. The summed E-state index contributed by atoms with van der Waals surface area (Å²) in [5.41, 5.74) is 2.63. The van der Waals surface area contributed by atoms with E-state index in [9.17, 15) is 4.79 Å². The Bertz CT molecular complexity index is 356. The summed E-state index contributed by atoms with van der Waals surface area (Å²) in [4.78, 5) is 14.3. The predicted molar refractivity (Wildman–Crippen MR) is 50.3 cm³/mol. The standard InChI is InChI=1S/C10H11NO2/c1-7-3-4-11-6-9(7)8(2)5-10(12)13/h3-6H,1-2H3,(H,12,13). The van der Waals surface area contributed by atoms with Crippen LogP contribution < -0.4 is 0 Å². The van der Waals surface area contributed by atoms with Gasteiger partial charge in [0, 0.05) is 18.5 Å². The van der Waals surface area contributed by atoms with Crippen LogP contribution in [0.3, 0.4) is 0 Å². The molecule has 0 bridgehead atoms. The molecule has 0 radical (unpaired) electrons. The van der Waals surface area contributed by atoms with Crippen molar-refractivity contribution in [2.45, 2.75) is 13.8 Å². The minimum Gasteiger partial charge on any atom is -0.478 e. The van der Waals surface area contributed by atoms with Crippen LogP contribution in [0.1, 0.15) is 18.1 Å². The molecule has 1 heterocycles. The van der Waals surface area contributed by atoms with Gasteiger partial charge in [-0.05, 0) is 36.6 Å². The maximum atomic E-state index is 10.4. The van der Waals surface area contributed by atoms with E-state index in [0.717, 1.165) is 16.7 Å². The molecule has 0 saturated carbocycles. The second-order valence-electron chi connectivity index (χ2n) is 2.86.